The van der Waals surface area contributed by atoms with E-state index in [2.05, 4.69) is 5.32 Å². The van der Waals surface area contributed by atoms with Crippen molar-refractivity contribution in [1.29, 1.82) is 0 Å². The predicted molar refractivity (Wildman–Crippen MR) is 122 cm³/mol. The lowest BCUT2D eigenvalue weighted by atomic mass is 10.1. The van der Waals surface area contributed by atoms with Gasteiger partial charge in [0.2, 0.25) is 5.91 Å². The predicted octanol–water partition coefficient (Wildman–Crippen LogP) is 2.17. The summed E-state index contributed by atoms with van der Waals surface area (Å²) in [6, 6.07) is 0.978. The second kappa shape index (κ2) is 13.4. The third-order valence-electron chi connectivity index (χ3n) is 4.08. The number of hydrogen-bond donors (Lipinski definition) is 4. The highest BCUT2D eigenvalue weighted by molar-refractivity contribution is 14.2. The van der Waals surface area contributed by atoms with Crippen LogP contribution in [0.15, 0.2) is 27.7 Å². The lowest BCUT2D eigenvalue weighted by molar-refractivity contribution is -0.189. The lowest BCUT2D eigenvalue weighted by Crippen LogP contribution is -2.31. The molecule has 0 saturated heterocycles. The Balaban J connectivity index is 2.46. The molecule has 1 aliphatic rings. The molecule has 0 saturated carbocycles. The molecule has 33 heavy (non-hydrogen) atoms. The summed E-state index contributed by atoms with van der Waals surface area (Å²) in [5.74, 6) is -5.14. The minimum atomic E-state index is -1.48. The number of anilines is 1. The van der Waals surface area contributed by atoms with Crippen LogP contribution < -0.4 is 10.8 Å². The van der Waals surface area contributed by atoms with Crippen molar-refractivity contribution < 1.29 is 42.6 Å². The van der Waals surface area contributed by atoms with Crippen molar-refractivity contribution in [3.05, 3.63) is 50.5 Å². The number of carbonyl (C=O) groups excluding carboxylic acids is 2. The molecule has 182 valence electrons. The molecular formula is C20H23F3IN3O6. The molecule has 4 N–H and O–H groups in total. The van der Waals surface area contributed by atoms with E-state index in [1.807, 2.05) is 5.48 Å². The van der Waals surface area contributed by atoms with Gasteiger partial charge in [0.15, 0.2) is 17.5 Å². The average Bonchev–Trinajstić information content (AvgIpc) is 2.79. The SMILES string of the molecule is CC(=O)N(Cc1cc(C(=O)NOCCO)c(NC2=C(F)C=IC=C2)c(F)c1F)OCCCO. The molecule has 0 spiro atoms. The van der Waals surface area contributed by atoms with E-state index < -0.39 is 80.0 Å². The van der Waals surface area contributed by atoms with Crippen LogP contribution in [0.3, 0.4) is 0 Å². The monoisotopic (exact) mass is 585 g/mol. The van der Waals surface area contributed by atoms with Crippen molar-refractivity contribution in [3.63, 3.8) is 0 Å². The minimum absolute atomic E-state index is 0.0545. The first kappa shape index (κ1) is 26.9. The second-order valence-electron chi connectivity index (χ2n) is 6.47. The van der Waals surface area contributed by atoms with Gasteiger partial charge in [-0.25, -0.2) is 23.7 Å². The normalized spacial score (nSPS) is 13.0. The first-order valence-corrected chi connectivity index (χ1v) is 12.1. The molecule has 2 amide bonds. The van der Waals surface area contributed by atoms with Crippen LogP contribution in [0.5, 0.6) is 0 Å². The van der Waals surface area contributed by atoms with Crippen molar-refractivity contribution >= 4 is 42.2 Å². The van der Waals surface area contributed by atoms with Crippen molar-refractivity contribution in [2.75, 3.05) is 31.7 Å². The van der Waals surface area contributed by atoms with Gasteiger partial charge in [-0.3, -0.25) is 19.3 Å². The lowest BCUT2D eigenvalue weighted by Gasteiger charge is -2.22. The zero-order valence-corrected chi connectivity index (χ0v) is 19.7. The molecule has 1 heterocycles. The number of amides is 2. The molecule has 2 rings (SSSR count). The molecule has 0 aromatic heterocycles. The van der Waals surface area contributed by atoms with E-state index in [0.29, 0.717) is 0 Å². The number of allylic oxidation sites excluding steroid dienone is 2. The highest BCUT2D eigenvalue weighted by atomic mass is 127. The summed E-state index contributed by atoms with van der Waals surface area (Å²) in [7, 11) is 0. The highest BCUT2D eigenvalue weighted by Gasteiger charge is 2.26. The maximum atomic E-state index is 15.1. The molecule has 13 heteroatoms. The Kier molecular flexibility index (Phi) is 10.9. The molecule has 0 aliphatic carbocycles. The van der Waals surface area contributed by atoms with Gasteiger partial charge in [-0.15, -0.1) is 0 Å². The minimum Gasteiger partial charge on any atom is -0.396 e. The molecule has 0 radical (unpaired) electrons. The number of hydroxylamine groups is 3. The van der Waals surface area contributed by atoms with E-state index in [-0.39, 0.29) is 31.9 Å². The van der Waals surface area contributed by atoms with Gasteiger partial charge in [-0.2, -0.15) is 0 Å². The van der Waals surface area contributed by atoms with Crippen LogP contribution in [0.2, 0.25) is 0 Å². The van der Waals surface area contributed by atoms with E-state index in [9.17, 15) is 18.4 Å². The van der Waals surface area contributed by atoms with Crippen molar-refractivity contribution in [3.8, 4) is 0 Å². The Bertz CT molecular complexity index is 971. The summed E-state index contributed by atoms with van der Waals surface area (Å²) >= 11 is -0.640. The van der Waals surface area contributed by atoms with Crippen LogP contribution in [0.25, 0.3) is 0 Å². The van der Waals surface area contributed by atoms with Crippen LogP contribution in [0.4, 0.5) is 18.9 Å². The first-order chi connectivity index (χ1) is 15.8. The topological polar surface area (TPSA) is 120 Å². The Morgan fingerprint density at radius 2 is 1.91 bits per heavy atom. The van der Waals surface area contributed by atoms with Gasteiger partial charge < -0.3 is 15.5 Å². The van der Waals surface area contributed by atoms with Crippen molar-refractivity contribution in [2.45, 2.75) is 19.9 Å². The third kappa shape index (κ3) is 7.60. The molecule has 9 nitrogen and oxygen atoms in total. The van der Waals surface area contributed by atoms with E-state index in [0.717, 1.165) is 18.1 Å². The molecule has 1 aliphatic heterocycles. The van der Waals surface area contributed by atoms with Gasteiger partial charge in [-0.1, -0.05) is 20.7 Å². The van der Waals surface area contributed by atoms with Crippen LogP contribution in [-0.4, -0.2) is 57.5 Å². The van der Waals surface area contributed by atoms with Crippen molar-refractivity contribution in [1.82, 2.24) is 10.5 Å². The molecule has 0 bridgehead atoms. The number of aliphatic hydroxyl groups excluding tert-OH is 2. The van der Waals surface area contributed by atoms with Crippen LogP contribution in [-0.2, 0) is 21.0 Å². The molecule has 1 aromatic carbocycles. The Morgan fingerprint density at radius 3 is 2.55 bits per heavy atom. The van der Waals surface area contributed by atoms with Gasteiger partial charge >= 0.3 is 0 Å². The number of nitrogens with one attached hydrogen (secondary N) is 2. The fourth-order valence-electron chi connectivity index (χ4n) is 2.52. The molecule has 0 unspecified atom stereocenters. The van der Waals surface area contributed by atoms with Gasteiger partial charge in [0.05, 0.1) is 43.3 Å². The molecule has 0 atom stereocenters. The summed E-state index contributed by atoms with van der Waals surface area (Å²) in [4.78, 5) is 34.4. The fourth-order valence-corrected chi connectivity index (χ4v) is 3.95. The zero-order valence-electron chi connectivity index (χ0n) is 17.5. The molecule has 0 fully saturated rings. The Morgan fingerprint density at radius 1 is 1.15 bits per heavy atom. The largest absolute Gasteiger partial charge is 0.396 e. The number of nitrogens with zero attached hydrogens (tertiary/aromatic N) is 1. The van der Waals surface area contributed by atoms with Crippen LogP contribution in [0, 0.1) is 11.6 Å². The Hall–Kier alpha value is -2.33. The van der Waals surface area contributed by atoms with E-state index >= 15 is 4.39 Å². The second-order valence-corrected chi connectivity index (χ2v) is 8.53. The van der Waals surface area contributed by atoms with Crippen molar-refractivity contribution in [2.24, 2.45) is 0 Å². The maximum absolute atomic E-state index is 15.1. The summed E-state index contributed by atoms with van der Waals surface area (Å²) in [6.45, 7) is -0.327. The van der Waals surface area contributed by atoms with E-state index in [4.69, 9.17) is 19.9 Å². The van der Waals surface area contributed by atoms with E-state index in [1.54, 1.807) is 4.08 Å². The number of aliphatic hydroxyl groups is 2. The quantitative estimate of drug-likeness (QED) is 0.169. The third-order valence-corrected chi connectivity index (χ3v) is 5.76. The number of carbonyl (C=O) groups is 2. The summed E-state index contributed by atoms with van der Waals surface area (Å²) in [5, 5.41) is 20.8. The summed E-state index contributed by atoms with van der Waals surface area (Å²) < 4.78 is 47.1. The van der Waals surface area contributed by atoms with Crippen LogP contribution >= 0.6 is 20.7 Å². The number of hydrogen-bond acceptors (Lipinski definition) is 7. The standard InChI is InChI=1S/C20H23F3IN3O6/c1-12(30)27(33-7-2-5-28)11-13-9-14(20(31)26-32-8-6-29)19(18(23)17(13)22)25-16-3-4-24-10-15(16)21/h3-4,9-10,25,28-29H,2,5-8,11H2,1H3,(H,26,31). The average molecular weight is 585 g/mol. The highest BCUT2D eigenvalue weighted by Crippen LogP contribution is 2.30. The smallest absolute Gasteiger partial charge is 0.277 e. The number of benzene rings is 1. The Labute approximate surface area is 197 Å². The fraction of sp³-hybridized carbons (Fsp3) is 0.350. The van der Waals surface area contributed by atoms with Gasteiger partial charge in [-0.05, 0) is 22.6 Å². The van der Waals surface area contributed by atoms with Gasteiger partial charge in [0.25, 0.3) is 5.91 Å². The molecular weight excluding hydrogens is 562 g/mol. The summed E-state index contributed by atoms with van der Waals surface area (Å²) in [6.07, 6.45) is 1.57. The van der Waals surface area contributed by atoms with Crippen LogP contribution in [0.1, 0.15) is 29.3 Å². The zero-order chi connectivity index (χ0) is 24.4. The van der Waals surface area contributed by atoms with Gasteiger partial charge in [0.1, 0.15) is 0 Å². The maximum Gasteiger partial charge on any atom is 0.277 e. The number of rotatable bonds is 12. The molecule has 1 aromatic rings. The van der Waals surface area contributed by atoms with E-state index in [1.165, 1.54) is 10.1 Å². The first-order valence-electron chi connectivity index (χ1n) is 9.64. The number of halogens is 4. The van der Waals surface area contributed by atoms with Gasteiger partial charge in [0, 0.05) is 23.1 Å². The summed E-state index contributed by atoms with van der Waals surface area (Å²) in [5.41, 5.74) is 0.358.